The third kappa shape index (κ3) is 4.12. The van der Waals surface area contributed by atoms with E-state index in [0.29, 0.717) is 0 Å². The second-order valence-electron chi connectivity index (χ2n) is 2.74. The lowest BCUT2D eigenvalue weighted by Gasteiger charge is -1.92. The lowest BCUT2D eigenvalue weighted by atomic mass is 10.1. The highest BCUT2D eigenvalue weighted by Crippen LogP contribution is 1.99. The maximum Gasteiger partial charge on any atom is -0.00943 e. The van der Waals surface area contributed by atoms with E-state index in [1.807, 2.05) is 24.3 Å². The van der Waals surface area contributed by atoms with Gasteiger partial charge in [0, 0.05) is 0 Å². The summed E-state index contributed by atoms with van der Waals surface area (Å²) in [5.41, 5.74) is 1.34. The number of rotatable bonds is 4. The first kappa shape index (κ1) is 9.53. The van der Waals surface area contributed by atoms with E-state index >= 15 is 0 Å². The van der Waals surface area contributed by atoms with Crippen LogP contribution in [0.15, 0.2) is 67.3 Å². The van der Waals surface area contributed by atoms with Gasteiger partial charge in [0.15, 0.2) is 0 Å². The van der Waals surface area contributed by atoms with Crippen molar-refractivity contribution in [1.29, 1.82) is 0 Å². The zero-order valence-electron chi connectivity index (χ0n) is 7.69. The molecule has 0 fully saturated rings. The summed E-state index contributed by atoms with van der Waals surface area (Å²) in [7, 11) is 0. The van der Waals surface area contributed by atoms with E-state index in [2.05, 4.69) is 36.9 Å². The molecular weight excluding hydrogens is 156 g/mol. The van der Waals surface area contributed by atoms with E-state index in [1.54, 1.807) is 6.08 Å². The minimum atomic E-state index is 0.988. The fourth-order valence-electron chi connectivity index (χ4n) is 1.04. The van der Waals surface area contributed by atoms with E-state index in [0.717, 1.165) is 6.42 Å². The molecule has 1 aromatic carbocycles. The van der Waals surface area contributed by atoms with E-state index < -0.39 is 0 Å². The quantitative estimate of drug-likeness (QED) is 0.606. The van der Waals surface area contributed by atoms with Crippen molar-refractivity contribution in [1.82, 2.24) is 0 Å². The molecule has 0 bridgehead atoms. The highest BCUT2D eigenvalue weighted by Gasteiger charge is 1.83. The normalized spacial score (nSPS) is 11.1. The number of allylic oxidation sites excluding steroid dienone is 5. The van der Waals surface area contributed by atoms with Crippen LogP contribution >= 0.6 is 0 Å². The van der Waals surface area contributed by atoms with Crippen molar-refractivity contribution in [3.8, 4) is 0 Å². The van der Waals surface area contributed by atoms with Gasteiger partial charge in [-0.05, 0) is 12.0 Å². The van der Waals surface area contributed by atoms with Crippen LogP contribution in [0.25, 0.3) is 0 Å². The Morgan fingerprint density at radius 2 is 1.77 bits per heavy atom. The van der Waals surface area contributed by atoms with Crippen molar-refractivity contribution in [2.45, 2.75) is 6.42 Å². The Bertz CT molecular complexity index is 291. The van der Waals surface area contributed by atoms with Crippen LogP contribution in [-0.4, -0.2) is 0 Å². The maximum atomic E-state index is 3.60. The van der Waals surface area contributed by atoms with Gasteiger partial charge in [-0.15, -0.1) is 0 Å². The zero-order valence-corrected chi connectivity index (χ0v) is 7.69. The largest absolute Gasteiger partial charge is 0.0991 e. The predicted molar refractivity (Wildman–Crippen MR) is 58.6 cm³/mol. The second-order valence-corrected chi connectivity index (χ2v) is 2.74. The molecular formula is C13H14. The molecule has 0 nitrogen and oxygen atoms in total. The molecule has 0 aliphatic rings. The third-order valence-electron chi connectivity index (χ3n) is 1.69. The van der Waals surface area contributed by atoms with Crippen LogP contribution in [0.3, 0.4) is 0 Å². The first-order chi connectivity index (χ1) is 6.43. The van der Waals surface area contributed by atoms with Crippen LogP contribution in [0, 0.1) is 0 Å². The van der Waals surface area contributed by atoms with Crippen molar-refractivity contribution in [3.63, 3.8) is 0 Å². The minimum absolute atomic E-state index is 0.988. The molecule has 1 aromatic rings. The first-order valence-electron chi connectivity index (χ1n) is 4.41. The van der Waals surface area contributed by atoms with Gasteiger partial charge in [-0.3, -0.25) is 0 Å². The SMILES string of the molecule is C=C/C=C\C=C\Cc1ccccc1. The first-order valence-corrected chi connectivity index (χ1v) is 4.41. The van der Waals surface area contributed by atoms with Crippen LogP contribution in [0.2, 0.25) is 0 Å². The van der Waals surface area contributed by atoms with Crippen LogP contribution in [0.4, 0.5) is 0 Å². The summed E-state index contributed by atoms with van der Waals surface area (Å²) in [6, 6.07) is 10.4. The van der Waals surface area contributed by atoms with Gasteiger partial charge in [0.25, 0.3) is 0 Å². The highest BCUT2D eigenvalue weighted by atomic mass is 13.9. The van der Waals surface area contributed by atoms with Crippen molar-refractivity contribution < 1.29 is 0 Å². The molecule has 1 rings (SSSR count). The molecule has 0 heteroatoms. The Hall–Kier alpha value is -1.56. The Morgan fingerprint density at radius 3 is 2.46 bits per heavy atom. The van der Waals surface area contributed by atoms with E-state index in [9.17, 15) is 0 Å². The Balaban J connectivity index is 2.39. The van der Waals surface area contributed by atoms with E-state index in [1.165, 1.54) is 5.56 Å². The Kier molecular flexibility index (Phi) is 4.41. The monoisotopic (exact) mass is 170 g/mol. The van der Waals surface area contributed by atoms with Crippen molar-refractivity contribution in [2.75, 3.05) is 0 Å². The van der Waals surface area contributed by atoms with Gasteiger partial charge in [-0.25, -0.2) is 0 Å². The van der Waals surface area contributed by atoms with Gasteiger partial charge in [-0.1, -0.05) is 67.3 Å². The van der Waals surface area contributed by atoms with Gasteiger partial charge in [-0.2, -0.15) is 0 Å². The fraction of sp³-hybridized carbons (Fsp3) is 0.0769. The van der Waals surface area contributed by atoms with E-state index in [4.69, 9.17) is 0 Å². The molecule has 0 saturated heterocycles. The standard InChI is InChI=1S/C13H14/c1-2-3-4-5-7-10-13-11-8-6-9-12-13/h2-9,11-12H,1,10H2/b4-3-,7-5+. The van der Waals surface area contributed by atoms with Crippen LogP contribution < -0.4 is 0 Å². The predicted octanol–water partition coefficient (Wildman–Crippen LogP) is 3.53. The zero-order chi connectivity index (χ0) is 9.36. The molecule has 0 aliphatic carbocycles. The smallest absolute Gasteiger partial charge is 0.00943 e. The Morgan fingerprint density at radius 1 is 1.00 bits per heavy atom. The lowest BCUT2D eigenvalue weighted by Crippen LogP contribution is -1.77. The summed E-state index contributed by atoms with van der Waals surface area (Å²) in [4.78, 5) is 0. The average Bonchev–Trinajstić information content (AvgIpc) is 2.19. The van der Waals surface area contributed by atoms with Crippen molar-refractivity contribution in [2.24, 2.45) is 0 Å². The molecule has 66 valence electrons. The average molecular weight is 170 g/mol. The minimum Gasteiger partial charge on any atom is -0.0991 e. The topological polar surface area (TPSA) is 0 Å². The summed E-state index contributed by atoms with van der Waals surface area (Å²) >= 11 is 0. The summed E-state index contributed by atoms with van der Waals surface area (Å²) in [5.74, 6) is 0. The van der Waals surface area contributed by atoms with Gasteiger partial charge in [0.05, 0.1) is 0 Å². The van der Waals surface area contributed by atoms with Gasteiger partial charge >= 0.3 is 0 Å². The number of benzene rings is 1. The fourth-order valence-corrected chi connectivity index (χ4v) is 1.04. The molecule has 0 aromatic heterocycles. The van der Waals surface area contributed by atoms with E-state index in [-0.39, 0.29) is 0 Å². The highest BCUT2D eigenvalue weighted by molar-refractivity contribution is 5.19. The van der Waals surface area contributed by atoms with Crippen molar-refractivity contribution in [3.05, 3.63) is 72.9 Å². The molecule has 0 saturated carbocycles. The number of hydrogen-bond acceptors (Lipinski definition) is 0. The van der Waals surface area contributed by atoms with Crippen molar-refractivity contribution >= 4 is 0 Å². The summed E-state index contributed by atoms with van der Waals surface area (Å²) in [5, 5.41) is 0. The molecule has 0 unspecified atom stereocenters. The number of hydrogen-bond donors (Lipinski definition) is 0. The Labute approximate surface area is 79.9 Å². The van der Waals surface area contributed by atoms with Crippen LogP contribution in [0.1, 0.15) is 5.56 Å². The summed E-state index contributed by atoms with van der Waals surface area (Å²) < 4.78 is 0. The van der Waals surface area contributed by atoms with Gasteiger partial charge in [0.2, 0.25) is 0 Å². The molecule has 0 amide bonds. The molecule has 0 radical (unpaired) electrons. The molecule has 0 heterocycles. The lowest BCUT2D eigenvalue weighted by molar-refractivity contribution is 1.27. The second kappa shape index (κ2) is 6.01. The van der Waals surface area contributed by atoms with Gasteiger partial charge < -0.3 is 0 Å². The third-order valence-corrected chi connectivity index (χ3v) is 1.69. The summed E-state index contributed by atoms with van der Waals surface area (Å²) in [6.07, 6.45) is 10.8. The summed E-state index contributed by atoms with van der Waals surface area (Å²) in [6.45, 7) is 3.60. The molecule has 0 spiro atoms. The van der Waals surface area contributed by atoms with Gasteiger partial charge in [0.1, 0.15) is 0 Å². The molecule has 0 aliphatic heterocycles. The molecule has 0 N–H and O–H groups in total. The maximum absolute atomic E-state index is 3.60. The van der Waals surface area contributed by atoms with Crippen LogP contribution in [0.5, 0.6) is 0 Å². The molecule has 13 heavy (non-hydrogen) atoms. The van der Waals surface area contributed by atoms with Crippen LogP contribution in [-0.2, 0) is 6.42 Å². The molecule has 0 atom stereocenters.